The van der Waals surface area contributed by atoms with E-state index in [1.54, 1.807) is 20.0 Å². The molecule has 1 saturated heterocycles. The van der Waals surface area contributed by atoms with Crippen LogP contribution in [0.4, 0.5) is 0 Å². The Labute approximate surface area is 197 Å². The van der Waals surface area contributed by atoms with Gasteiger partial charge in [0.1, 0.15) is 6.04 Å². The van der Waals surface area contributed by atoms with E-state index in [4.69, 9.17) is 32.5 Å². The standard InChI is InChI=1S/C20H26BCl2N3O6/c1-11(2)7-16(21-31-18(28)10-26(4)12(3)20(30)32-21)25-17(27)9-24-19(29)14-8-13(22)5-6-15(14)23/h5-6,8,11-12,16H,7,9-10H2,1-4H3,(H,24,29)(H,25,27)/t12-,16+/m1/s1. The largest absolute Gasteiger partial charge is 0.622 e. The van der Waals surface area contributed by atoms with Crippen LogP contribution >= 0.6 is 23.2 Å². The summed E-state index contributed by atoms with van der Waals surface area (Å²) in [5.41, 5.74) is 0.131. The molecule has 0 aliphatic carbocycles. The number of nitrogens with zero attached hydrogens (tertiary/aromatic N) is 1. The van der Waals surface area contributed by atoms with Crippen LogP contribution in [0.5, 0.6) is 0 Å². The summed E-state index contributed by atoms with van der Waals surface area (Å²) in [7, 11) is 0.325. The number of carbonyl (C=O) groups is 4. The Kier molecular flexibility index (Phi) is 9.36. The molecule has 32 heavy (non-hydrogen) atoms. The highest BCUT2D eigenvalue weighted by atomic mass is 35.5. The van der Waals surface area contributed by atoms with Gasteiger partial charge in [0, 0.05) is 5.02 Å². The number of halogens is 2. The van der Waals surface area contributed by atoms with Crippen molar-refractivity contribution in [3.05, 3.63) is 33.8 Å². The molecule has 1 aromatic rings. The van der Waals surface area contributed by atoms with Gasteiger partial charge in [-0.15, -0.1) is 0 Å². The first-order chi connectivity index (χ1) is 15.0. The predicted octanol–water partition coefficient (Wildman–Crippen LogP) is 1.70. The van der Waals surface area contributed by atoms with Crippen molar-refractivity contribution in [3.8, 4) is 0 Å². The van der Waals surface area contributed by atoms with Crippen molar-refractivity contribution in [2.24, 2.45) is 5.92 Å². The van der Waals surface area contributed by atoms with E-state index >= 15 is 0 Å². The van der Waals surface area contributed by atoms with Gasteiger partial charge >= 0.3 is 19.1 Å². The highest BCUT2D eigenvalue weighted by molar-refractivity contribution is 6.51. The quantitative estimate of drug-likeness (QED) is 0.565. The van der Waals surface area contributed by atoms with Gasteiger partial charge in [0.25, 0.3) is 5.91 Å². The Hall–Kier alpha value is -2.30. The maximum Gasteiger partial charge on any atom is 0.622 e. The zero-order valence-corrected chi connectivity index (χ0v) is 19.8. The fourth-order valence-corrected chi connectivity index (χ4v) is 3.40. The molecule has 1 aromatic carbocycles. The van der Waals surface area contributed by atoms with E-state index in [-0.39, 0.29) is 29.6 Å². The van der Waals surface area contributed by atoms with Crippen LogP contribution in [0.3, 0.4) is 0 Å². The van der Waals surface area contributed by atoms with Crippen LogP contribution in [0, 0.1) is 5.92 Å². The van der Waals surface area contributed by atoms with Crippen molar-refractivity contribution < 1.29 is 28.5 Å². The first-order valence-corrected chi connectivity index (χ1v) is 10.9. The summed E-state index contributed by atoms with van der Waals surface area (Å²) < 4.78 is 10.7. The molecular weight excluding hydrogens is 460 g/mol. The lowest BCUT2D eigenvalue weighted by Gasteiger charge is -2.31. The third kappa shape index (κ3) is 7.39. The van der Waals surface area contributed by atoms with Gasteiger partial charge in [-0.05, 0) is 44.5 Å². The smallest absolute Gasteiger partial charge is 0.497 e. The second-order valence-electron chi connectivity index (χ2n) is 8.00. The van der Waals surface area contributed by atoms with Crippen LogP contribution in [-0.4, -0.2) is 67.9 Å². The van der Waals surface area contributed by atoms with E-state index in [1.165, 1.54) is 17.0 Å². The van der Waals surface area contributed by atoms with Crippen molar-refractivity contribution in [2.45, 2.75) is 39.2 Å². The van der Waals surface area contributed by atoms with Crippen molar-refractivity contribution >= 4 is 54.1 Å². The Morgan fingerprint density at radius 1 is 1.25 bits per heavy atom. The van der Waals surface area contributed by atoms with Crippen molar-refractivity contribution in [3.63, 3.8) is 0 Å². The number of carbonyl (C=O) groups excluding carboxylic acids is 4. The number of amides is 2. The Balaban J connectivity index is 2.06. The molecule has 1 aliphatic rings. The SMILES string of the molecule is CC(C)C[C@H](NC(=O)CNC(=O)c1cc(Cl)ccc1Cl)B1OC(=O)CN(C)[C@H](C)C(=O)O1. The summed E-state index contributed by atoms with van der Waals surface area (Å²) in [4.78, 5) is 50.9. The summed E-state index contributed by atoms with van der Waals surface area (Å²) in [6, 6.07) is 3.76. The van der Waals surface area contributed by atoms with Gasteiger partial charge in [0.05, 0.1) is 29.6 Å². The summed E-state index contributed by atoms with van der Waals surface area (Å²) >= 11 is 11.9. The molecule has 0 bridgehead atoms. The summed E-state index contributed by atoms with van der Waals surface area (Å²) in [5.74, 6) is -2.99. The van der Waals surface area contributed by atoms with E-state index in [9.17, 15) is 19.2 Å². The minimum Gasteiger partial charge on any atom is -0.497 e. The third-order valence-corrected chi connectivity index (χ3v) is 5.41. The number of likely N-dealkylation sites (N-methyl/N-ethyl adjacent to an activating group) is 1. The lowest BCUT2D eigenvalue weighted by Crippen LogP contribution is -2.57. The number of rotatable bonds is 7. The zero-order valence-electron chi connectivity index (χ0n) is 18.3. The molecule has 1 fully saturated rings. The van der Waals surface area contributed by atoms with E-state index in [1.807, 2.05) is 13.8 Å². The lowest BCUT2D eigenvalue weighted by atomic mass is 9.73. The molecule has 2 N–H and O–H groups in total. The first kappa shape index (κ1) is 26.0. The van der Waals surface area contributed by atoms with E-state index in [0.29, 0.717) is 11.4 Å². The number of hydrogen-bond donors (Lipinski definition) is 2. The fourth-order valence-electron chi connectivity index (χ4n) is 3.02. The van der Waals surface area contributed by atoms with Gasteiger partial charge in [-0.3, -0.25) is 24.1 Å². The molecule has 1 heterocycles. The van der Waals surface area contributed by atoms with Crippen molar-refractivity contribution in [2.75, 3.05) is 20.1 Å². The highest BCUT2D eigenvalue weighted by Gasteiger charge is 2.42. The lowest BCUT2D eigenvalue weighted by molar-refractivity contribution is -0.150. The Morgan fingerprint density at radius 3 is 2.59 bits per heavy atom. The Morgan fingerprint density at radius 2 is 1.94 bits per heavy atom. The van der Waals surface area contributed by atoms with Crippen LogP contribution in [0.1, 0.15) is 37.6 Å². The molecule has 12 heteroatoms. The topological polar surface area (TPSA) is 114 Å². The minimum absolute atomic E-state index is 0.0862. The summed E-state index contributed by atoms with van der Waals surface area (Å²) in [6.07, 6.45) is 0.370. The second kappa shape index (κ2) is 11.5. The molecule has 9 nitrogen and oxygen atoms in total. The molecule has 1 aliphatic heterocycles. The first-order valence-electron chi connectivity index (χ1n) is 10.1. The van der Waals surface area contributed by atoms with Crippen LogP contribution in [0.25, 0.3) is 0 Å². The van der Waals surface area contributed by atoms with Crippen molar-refractivity contribution in [1.29, 1.82) is 0 Å². The van der Waals surface area contributed by atoms with Crippen LogP contribution in [0.2, 0.25) is 10.0 Å². The van der Waals surface area contributed by atoms with Crippen LogP contribution < -0.4 is 10.6 Å². The molecule has 2 atom stereocenters. The Bertz CT molecular complexity index is 885. The second-order valence-corrected chi connectivity index (χ2v) is 8.84. The van der Waals surface area contributed by atoms with Crippen LogP contribution in [0.15, 0.2) is 18.2 Å². The molecule has 0 aromatic heterocycles. The van der Waals surface area contributed by atoms with E-state index in [2.05, 4.69) is 10.6 Å². The third-order valence-electron chi connectivity index (χ3n) is 4.84. The van der Waals surface area contributed by atoms with Gasteiger partial charge < -0.3 is 19.9 Å². The number of hydrogen-bond acceptors (Lipinski definition) is 7. The van der Waals surface area contributed by atoms with E-state index < -0.39 is 42.9 Å². The maximum absolute atomic E-state index is 12.5. The average molecular weight is 486 g/mol. The number of benzene rings is 1. The van der Waals surface area contributed by atoms with Gasteiger partial charge in [0.15, 0.2) is 0 Å². The maximum atomic E-state index is 12.5. The van der Waals surface area contributed by atoms with Crippen LogP contribution in [-0.2, 0) is 23.7 Å². The van der Waals surface area contributed by atoms with Crippen molar-refractivity contribution in [1.82, 2.24) is 15.5 Å². The molecule has 0 saturated carbocycles. The highest BCUT2D eigenvalue weighted by Crippen LogP contribution is 2.20. The molecule has 0 radical (unpaired) electrons. The minimum atomic E-state index is -1.28. The zero-order chi connectivity index (χ0) is 24.0. The monoisotopic (exact) mass is 485 g/mol. The van der Waals surface area contributed by atoms with E-state index in [0.717, 1.165) is 0 Å². The fraction of sp³-hybridized carbons (Fsp3) is 0.500. The molecule has 2 rings (SSSR count). The van der Waals surface area contributed by atoms with Gasteiger partial charge in [-0.2, -0.15) is 0 Å². The summed E-state index contributed by atoms with van der Waals surface area (Å²) in [6.45, 7) is 4.97. The average Bonchev–Trinajstić information content (AvgIpc) is 2.71. The molecule has 2 amide bonds. The molecule has 0 unspecified atom stereocenters. The van der Waals surface area contributed by atoms with Gasteiger partial charge in [0.2, 0.25) is 5.91 Å². The number of nitrogens with one attached hydrogen (secondary N) is 2. The molecule has 0 spiro atoms. The normalized spacial score (nSPS) is 18.3. The molecular formula is C20H26BCl2N3O6. The van der Waals surface area contributed by atoms with Gasteiger partial charge in [-0.25, -0.2) is 0 Å². The van der Waals surface area contributed by atoms with Gasteiger partial charge in [-0.1, -0.05) is 37.0 Å². The summed E-state index contributed by atoms with van der Waals surface area (Å²) in [5, 5.41) is 5.67. The molecule has 174 valence electrons. The predicted molar refractivity (Wildman–Crippen MR) is 120 cm³/mol.